The van der Waals surface area contributed by atoms with Crippen LogP contribution in [0, 0.1) is 0 Å². The minimum atomic E-state index is -0.979. The molecule has 1 heterocycles. The summed E-state index contributed by atoms with van der Waals surface area (Å²) in [6, 6.07) is 14.9. The number of aryl methyl sites for hydroxylation is 1. The van der Waals surface area contributed by atoms with Crippen molar-refractivity contribution in [3.63, 3.8) is 0 Å². The van der Waals surface area contributed by atoms with E-state index < -0.39 is 11.6 Å². The molecule has 0 bridgehead atoms. The Bertz CT molecular complexity index is 859. The van der Waals surface area contributed by atoms with Gasteiger partial charge in [-0.2, -0.15) is 0 Å². The maximum atomic E-state index is 12.8. The molecule has 134 valence electrons. The topological polar surface area (TPSA) is 66.8 Å². The third-order valence-electron chi connectivity index (χ3n) is 5.37. The highest BCUT2D eigenvalue weighted by Crippen LogP contribution is 2.42. The molecule has 1 saturated heterocycles. The van der Waals surface area contributed by atoms with Crippen molar-refractivity contribution in [2.75, 3.05) is 19.7 Å². The zero-order valence-corrected chi connectivity index (χ0v) is 14.5. The van der Waals surface area contributed by atoms with Crippen LogP contribution in [-0.2, 0) is 28.0 Å². The Morgan fingerprint density at radius 2 is 2.00 bits per heavy atom. The van der Waals surface area contributed by atoms with Crippen LogP contribution in [0.5, 0.6) is 0 Å². The summed E-state index contributed by atoms with van der Waals surface area (Å²) in [7, 11) is 0. The lowest BCUT2D eigenvalue weighted by Crippen LogP contribution is -2.51. The number of morpholine rings is 1. The van der Waals surface area contributed by atoms with Gasteiger partial charge in [-0.25, -0.2) is 4.79 Å². The quantitative estimate of drug-likeness (QED) is 0.923. The van der Waals surface area contributed by atoms with Gasteiger partial charge < -0.3 is 14.7 Å². The second kappa shape index (κ2) is 6.57. The van der Waals surface area contributed by atoms with Crippen molar-refractivity contribution in [1.29, 1.82) is 0 Å². The summed E-state index contributed by atoms with van der Waals surface area (Å²) < 4.78 is 6.16. The second-order valence-electron chi connectivity index (χ2n) is 7.00. The van der Waals surface area contributed by atoms with Gasteiger partial charge in [0.2, 0.25) is 5.91 Å². The highest BCUT2D eigenvalue weighted by atomic mass is 16.5. The van der Waals surface area contributed by atoms with E-state index in [4.69, 9.17) is 9.84 Å². The molecule has 0 saturated carbocycles. The maximum absolute atomic E-state index is 12.8. The van der Waals surface area contributed by atoms with Gasteiger partial charge in [0, 0.05) is 6.54 Å². The molecule has 2 aromatic rings. The van der Waals surface area contributed by atoms with Gasteiger partial charge in [0.15, 0.2) is 0 Å². The monoisotopic (exact) mass is 351 g/mol. The number of carboxylic acid groups (broad SMARTS) is 1. The number of carboxylic acids is 1. The van der Waals surface area contributed by atoms with Crippen LogP contribution in [0.3, 0.4) is 0 Å². The molecular weight excluding hydrogens is 330 g/mol. The predicted molar refractivity (Wildman–Crippen MR) is 96.1 cm³/mol. The van der Waals surface area contributed by atoms with Gasteiger partial charge in [-0.15, -0.1) is 0 Å². The average molecular weight is 351 g/mol. The fourth-order valence-electron chi connectivity index (χ4n) is 4.07. The molecule has 4 rings (SSSR count). The lowest BCUT2D eigenvalue weighted by Gasteiger charge is -2.41. The van der Waals surface area contributed by atoms with E-state index in [1.54, 1.807) is 18.2 Å². The number of fused-ring (bicyclic) bond motifs is 2. The van der Waals surface area contributed by atoms with Gasteiger partial charge in [-0.05, 0) is 41.7 Å². The first-order valence-corrected chi connectivity index (χ1v) is 8.90. The molecule has 5 nitrogen and oxygen atoms in total. The van der Waals surface area contributed by atoms with Crippen molar-refractivity contribution in [3.8, 4) is 0 Å². The highest BCUT2D eigenvalue weighted by Gasteiger charge is 2.44. The molecule has 1 aliphatic heterocycles. The molecule has 26 heavy (non-hydrogen) atoms. The summed E-state index contributed by atoms with van der Waals surface area (Å²) >= 11 is 0. The zero-order valence-electron chi connectivity index (χ0n) is 14.5. The van der Waals surface area contributed by atoms with Crippen LogP contribution in [0.2, 0.25) is 0 Å². The van der Waals surface area contributed by atoms with Crippen molar-refractivity contribution in [1.82, 2.24) is 4.90 Å². The number of aromatic carboxylic acids is 1. The molecule has 1 aliphatic carbocycles. The van der Waals surface area contributed by atoms with Crippen molar-refractivity contribution in [2.24, 2.45) is 0 Å². The summed E-state index contributed by atoms with van der Waals surface area (Å²) in [5, 5.41) is 9.11. The summed E-state index contributed by atoms with van der Waals surface area (Å²) in [5.41, 5.74) is 3.04. The van der Waals surface area contributed by atoms with Crippen LogP contribution in [0.15, 0.2) is 48.5 Å². The first-order chi connectivity index (χ1) is 12.6. The molecule has 1 unspecified atom stereocenters. The highest BCUT2D eigenvalue weighted by molar-refractivity contribution is 5.88. The number of nitrogens with zero attached hydrogens (tertiary/aromatic N) is 1. The largest absolute Gasteiger partial charge is 0.478 e. The number of hydrogen-bond donors (Lipinski definition) is 1. The van der Waals surface area contributed by atoms with Crippen LogP contribution in [0.1, 0.15) is 33.5 Å². The molecule has 0 aromatic heterocycles. The summed E-state index contributed by atoms with van der Waals surface area (Å²) in [4.78, 5) is 25.8. The Balaban J connectivity index is 1.51. The van der Waals surface area contributed by atoms with E-state index in [-0.39, 0.29) is 17.9 Å². The summed E-state index contributed by atoms with van der Waals surface area (Å²) in [5.74, 6) is -0.966. The SMILES string of the molecule is O=C(O)c1cccc(CC(=O)N2CCOC3(CCc4ccccc43)C2)c1. The second-order valence-corrected chi connectivity index (χ2v) is 7.00. The van der Waals surface area contributed by atoms with Gasteiger partial charge in [0.25, 0.3) is 0 Å². The Morgan fingerprint density at radius 1 is 1.15 bits per heavy atom. The standard InChI is InChI=1S/C21H21NO4/c23-19(13-15-4-3-6-17(12-15)20(24)25)22-10-11-26-21(14-22)9-8-16-5-1-2-7-18(16)21/h1-7,12H,8-11,13-14H2,(H,24,25). The molecule has 2 aliphatic rings. The third kappa shape index (κ3) is 2.99. The molecule has 1 atom stereocenters. The van der Waals surface area contributed by atoms with Gasteiger partial charge >= 0.3 is 5.97 Å². The third-order valence-corrected chi connectivity index (χ3v) is 5.37. The van der Waals surface area contributed by atoms with E-state index in [0.717, 1.165) is 18.4 Å². The Kier molecular flexibility index (Phi) is 4.24. The minimum absolute atomic E-state index is 0.0135. The fraction of sp³-hybridized carbons (Fsp3) is 0.333. The van der Waals surface area contributed by atoms with E-state index in [1.165, 1.54) is 17.2 Å². The summed E-state index contributed by atoms with van der Waals surface area (Å²) in [6.45, 7) is 1.65. The Hall–Kier alpha value is -2.66. The Morgan fingerprint density at radius 3 is 2.85 bits per heavy atom. The molecule has 0 radical (unpaired) electrons. The van der Waals surface area contributed by atoms with Crippen molar-refractivity contribution in [2.45, 2.75) is 24.9 Å². The van der Waals surface area contributed by atoms with E-state index >= 15 is 0 Å². The van der Waals surface area contributed by atoms with Gasteiger partial charge in [0.05, 0.1) is 25.1 Å². The van der Waals surface area contributed by atoms with E-state index in [2.05, 4.69) is 12.1 Å². The first-order valence-electron chi connectivity index (χ1n) is 8.90. The van der Waals surface area contributed by atoms with E-state index in [1.807, 2.05) is 17.0 Å². The molecular formula is C21H21NO4. The number of carbonyl (C=O) groups excluding carboxylic acids is 1. The van der Waals surface area contributed by atoms with Crippen LogP contribution in [-0.4, -0.2) is 41.6 Å². The van der Waals surface area contributed by atoms with Gasteiger partial charge in [-0.3, -0.25) is 4.79 Å². The van der Waals surface area contributed by atoms with Crippen molar-refractivity contribution < 1.29 is 19.4 Å². The molecule has 1 fully saturated rings. The number of benzene rings is 2. The maximum Gasteiger partial charge on any atom is 0.335 e. The van der Waals surface area contributed by atoms with E-state index in [9.17, 15) is 9.59 Å². The normalized spacial score (nSPS) is 21.6. The Labute approximate surface area is 152 Å². The smallest absolute Gasteiger partial charge is 0.335 e. The van der Waals surface area contributed by atoms with Crippen LogP contribution in [0.25, 0.3) is 0 Å². The molecule has 5 heteroatoms. The molecule has 1 spiro atoms. The molecule has 2 aromatic carbocycles. The molecule has 1 N–H and O–H groups in total. The van der Waals surface area contributed by atoms with Crippen LogP contribution in [0.4, 0.5) is 0 Å². The predicted octanol–water partition coefficient (Wildman–Crippen LogP) is 2.63. The zero-order chi connectivity index (χ0) is 18.1. The fourth-order valence-corrected chi connectivity index (χ4v) is 4.07. The first kappa shape index (κ1) is 16.8. The van der Waals surface area contributed by atoms with Crippen molar-refractivity contribution >= 4 is 11.9 Å². The lowest BCUT2D eigenvalue weighted by molar-refractivity contribution is -0.151. The number of rotatable bonds is 3. The lowest BCUT2D eigenvalue weighted by atomic mass is 9.93. The van der Waals surface area contributed by atoms with Crippen LogP contribution < -0.4 is 0 Å². The number of carbonyl (C=O) groups is 2. The van der Waals surface area contributed by atoms with Gasteiger partial charge in [-0.1, -0.05) is 36.4 Å². The number of hydrogen-bond acceptors (Lipinski definition) is 3. The molecule has 1 amide bonds. The number of amides is 1. The van der Waals surface area contributed by atoms with Crippen molar-refractivity contribution in [3.05, 3.63) is 70.8 Å². The minimum Gasteiger partial charge on any atom is -0.478 e. The average Bonchev–Trinajstić information content (AvgIpc) is 3.00. The number of ether oxygens (including phenoxy) is 1. The van der Waals surface area contributed by atoms with Crippen LogP contribution >= 0.6 is 0 Å². The summed E-state index contributed by atoms with van der Waals surface area (Å²) in [6.07, 6.45) is 2.07. The van der Waals surface area contributed by atoms with Gasteiger partial charge in [0.1, 0.15) is 5.60 Å². The van der Waals surface area contributed by atoms with E-state index in [0.29, 0.717) is 19.7 Å².